The molecule has 0 bridgehead atoms. The molecule has 1 rings (SSSR count). The minimum Gasteiger partial charge on any atom is -0.377 e. The summed E-state index contributed by atoms with van der Waals surface area (Å²) in [5.41, 5.74) is 1.27. The van der Waals surface area contributed by atoms with Gasteiger partial charge < -0.3 is 4.74 Å². The minimum atomic E-state index is -0.920. The van der Waals surface area contributed by atoms with E-state index in [1.807, 2.05) is 6.07 Å². The molecule has 0 aliphatic heterocycles. The van der Waals surface area contributed by atoms with Crippen LogP contribution in [0.25, 0.3) is 0 Å². The molecule has 0 aliphatic rings. The second-order valence-electron chi connectivity index (χ2n) is 4.85. The highest BCUT2D eigenvalue weighted by Gasteiger charge is 2.11. The molecule has 0 atom stereocenters. The monoisotopic (exact) mass is 208 g/mol. The highest BCUT2D eigenvalue weighted by atomic mass is 28.3. The molecule has 14 heavy (non-hydrogen) atoms. The third kappa shape index (κ3) is 5.20. The van der Waals surface area contributed by atoms with Crippen molar-refractivity contribution in [2.24, 2.45) is 0 Å². The van der Waals surface area contributed by atoms with Gasteiger partial charge in [-0.3, -0.25) is 0 Å². The summed E-state index contributed by atoms with van der Waals surface area (Å²) in [4.78, 5) is 0. The van der Waals surface area contributed by atoms with E-state index in [2.05, 4.69) is 43.9 Å². The molecule has 0 saturated carbocycles. The predicted molar refractivity (Wildman–Crippen MR) is 64.3 cm³/mol. The lowest BCUT2D eigenvalue weighted by Gasteiger charge is -2.15. The van der Waals surface area contributed by atoms with E-state index in [1.54, 1.807) is 0 Å². The Bertz CT molecular complexity index is 251. The molecular formula is C12H20OSi. The Morgan fingerprint density at radius 3 is 2.29 bits per heavy atom. The topological polar surface area (TPSA) is 9.23 Å². The highest BCUT2D eigenvalue weighted by Crippen LogP contribution is 2.08. The molecule has 0 N–H and O–H groups in total. The molecular weight excluding hydrogens is 188 g/mol. The summed E-state index contributed by atoms with van der Waals surface area (Å²) in [6.45, 7) is 8.78. The van der Waals surface area contributed by atoms with Crippen LogP contribution in [0.2, 0.25) is 25.7 Å². The zero-order valence-corrected chi connectivity index (χ0v) is 10.4. The van der Waals surface area contributed by atoms with E-state index < -0.39 is 8.07 Å². The minimum absolute atomic E-state index is 0.755. The van der Waals surface area contributed by atoms with E-state index in [0.717, 1.165) is 13.2 Å². The summed E-state index contributed by atoms with van der Waals surface area (Å²) in [6.07, 6.45) is 0. The molecule has 0 radical (unpaired) electrons. The molecule has 2 heteroatoms. The van der Waals surface area contributed by atoms with Crippen LogP contribution in [0.1, 0.15) is 5.56 Å². The summed E-state index contributed by atoms with van der Waals surface area (Å²) < 4.78 is 5.63. The fraction of sp³-hybridized carbons (Fsp3) is 0.500. The number of ether oxygens (including phenoxy) is 1. The van der Waals surface area contributed by atoms with Gasteiger partial charge in [0, 0.05) is 14.7 Å². The van der Waals surface area contributed by atoms with Crippen molar-refractivity contribution in [1.29, 1.82) is 0 Å². The first-order chi connectivity index (χ1) is 6.58. The second-order valence-corrected chi connectivity index (χ2v) is 10.5. The SMILES string of the molecule is C[Si](C)(C)CCOCc1ccccc1. The van der Waals surface area contributed by atoms with Gasteiger partial charge in [-0.1, -0.05) is 50.0 Å². The Kier molecular flexibility index (Phi) is 4.36. The summed E-state index contributed by atoms with van der Waals surface area (Å²) in [5.74, 6) is 0. The number of hydrogen-bond donors (Lipinski definition) is 0. The van der Waals surface area contributed by atoms with Gasteiger partial charge in [0.05, 0.1) is 6.61 Å². The van der Waals surface area contributed by atoms with E-state index in [4.69, 9.17) is 4.74 Å². The maximum atomic E-state index is 5.63. The Hall–Kier alpha value is -0.603. The van der Waals surface area contributed by atoms with E-state index in [0.29, 0.717) is 0 Å². The quantitative estimate of drug-likeness (QED) is 0.531. The molecule has 0 spiro atoms. The summed E-state index contributed by atoms with van der Waals surface area (Å²) in [7, 11) is -0.920. The summed E-state index contributed by atoms with van der Waals surface area (Å²) in [6, 6.07) is 11.6. The number of hydrogen-bond acceptors (Lipinski definition) is 1. The van der Waals surface area contributed by atoms with Crippen LogP contribution in [-0.2, 0) is 11.3 Å². The third-order valence-electron chi connectivity index (χ3n) is 2.11. The Labute approximate surface area is 88.1 Å². The molecule has 78 valence electrons. The predicted octanol–water partition coefficient (Wildman–Crippen LogP) is 3.54. The average Bonchev–Trinajstić information content (AvgIpc) is 2.13. The van der Waals surface area contributed by atoms with Gasteiger partial charge in [-0.2, -0.15) is 0 Å². The smallest absolute Gasteiger partial charge is 0.0716 e. The van der Waals surface area contributed by atoms with Gasteiger partial charge in [-0.25, -0.2) is 0 Å². The lowest BCUT2D eigenvalue weighted by atomic mass is 10.2. The standard InChI is InChI=1S/C12H20OSi/c1-14(2,3)10-9-13-11-12-7-5-4-6-8-12/h4-8H,9-11H2,1-3H3. The molecule has 0 amide bonds. The van der Waals surface area contributed by atoms with Gasteiger partial charge in [-0.15, -0.1) is 0 Å². The van der Waals surface area contributed by atoms with Crippen molar-refractivity contribution in [2.75, 3.05) is 6.61 Å². The van der Waals surface area contributed by atoms with Crippen molar-refractivity contribution in [3.8, 4) is 0 Å². The van der Waals surface area contributed by atoms with Crippen LogP contribution >= 0.6 is 0 Å². The van der Waals surface area contributed by atoms with Crippen LogP contribution < -0.4 is 0 Å². The van der Waals surface area contributed by atoms with Gasteiger partial charge in [0.25, 0.3) is 0 Å². The fourth-order valence-corrected chi connectivity index (χ4v) is 1.90. The molecule has 0 aliphatic carbocycles. The normalized spacial score (nSPS) is 11.6. The number of rotatable bonds is 5. The van der Waals surface area contributed by atoms with E-state index in [1.165, 1.54) is 11.6 Å². The molecule has 0 heterocycles. The highest BCUT2D eigenvalue weighted by molar-refractivity contribution is 6.76. The Morgan fingerprint density at radius 1 is 1.07 bits per heavy atom. The van der Waals surface area contributed by atoms with Crippen molar-refractivity contribution in [3.05, 3.63) is 35.9 Å². The van der Waals surface area contributed by atoms with Crippen molar-refractivity contribution in [3.63, 3.8) is 0 Å². The maximum absolute atomic E-state index is 5.63. The summed E-state index contributed by atoms with van der Waals surface area (Å²) >= 11 is 0. The van der Waals surface area contributed by atoms with Crippen LogP contribution in [0.15, 0.2) is 30.3 Å². The fourth-order valence-electron chi connectivity index (χ4n) is 1.14. The first-order valence-electron chi connectivity index (χ1n) is 5.20. The van der Waals surface area contributed by atoms with Crippen molar-refractivity contribution < 1.29 is 4.74 Å². The Balaban J connectivity index is 2.17. The zero-order valence-electron chi connectivity index (χ0n) is 9.42. The van der Waals surface area contributed by atoms with Gasteiger partial charge in [-0.05, 0) is 11.6 Å². The van der Waals surface area contributed by atoms with Crippen LogP contribution in [-0.4, -0.2) is 14.7 Å². The largest absolute Gasteiger partial charge is 0.377 e. The molecule has 0 saturated heterocycles. The lowest BCUT2D eigenvalue weighted by molar-refractivity contribution is 0.133. The van der Waals surface area contributed by atoms with Crippen molar-refractivity contribution >= 4 is 8.07 Å². The molecule has 1 aromatic rings. The first-order valence-corrected chi connectivity index (χ1v) is 8.90. The van der Waals surface area contributed by atoms with Gasteiger partial charge in [0.15, 0.2) is 0 Å². The zero-order chi connectivity index (χ0) is 10.4. The van der Waals surface area contributed by atoms with Crippen LogP contribution in [0.4, 0.5) is 0 Å². The first kappa shape index (κ1) is 11.5. The van der Waals surface area contributed by atoms with Gasteiger partial charge in [0.1, 0.15) is 0 Å². The van der Waals surface area contributed by atoms with Crippen LogP contribution in [0.3, 0.4) is 0 Å². The van der Waals surface area contributed by atoms with Crippen molar-refractivity contribution in [1.82, 2.24) is 0 Å². The third-order valence-corrected chi connectivity index (χ3v) is 3.81. The summed E-state index contributed by atoms with van der Waals surface area (Å²) in [5, 5.41) is 0. The number of benzene rings is 1. The molecule has 0 aromatic heterocycles. The van der Waals surface area contributed by atoms with E-state index in [9.17, 15) is 0 Å². The molecule has 1 nitrogen and oxygen atoms in total. The van der Waals surface area contributed by atoms with Gasteiger partial charge in [0.2, 0.25) is 0 Å². The maximum Gasteiger partial charge on any atom is 0.0716 e. The molecule has 0 fully saturated rings. The Morgan fingerprint density at radius 2 is 1.71 bits per heavy atom. The van der Waals surface area contributed by atoms with Crippen LogP contribution in [0, 0.1) is 0 Å². The molecule has 1 aromatic carbocycles. The lowest BCUT2D eigenvalue weighted by Crippen LogP contribution is -2.21. The van der Waals surface area contributed by atoms with Gasteiger partial charge >= 0.3 is 0 Å². The van der Waals surface area contributed by atoms with E-state index >= 15 is 0 Å². The van der Waals surface area contributed by atoms with Crippen molar-refractivity contribution in [2.45, 2.75) is 32.3 Å². The second kappa shape index (κ2) is 5.32. The van der Waals surface area contributed by atoms with Crippen LogP contribution in [0.5, 0.6) is 0 Å². The molecule has 0 unspecified atom stereocenters. The average molecular weight is 208 g/mol. The van der Waals surface area contributed by atoms with E-state index in [-0.39, 0.29) is 0 Å².